The highest BCUT2D eigenvalue weighted by atomic mass is 19.3. The number of esters is 1. The van der Waals surface area contributed by atoms with Crippen LogP contribution in [-0.4, -0.2) is 78.3 Å². The zero-order chi connectivity index (χ0) is 34.5. The lowest BCUT2D eigenvalue weighted by Gasteiger charge is -2.55. The molecule has 0 bridgehead atoms. The maximum absolute atomic E-state index is 14.4. The number of nitrogens with two attached hydrogens (primary N) is 1. The third-order valence-corrected chi connectivity index (χ3v) is 9.08. The van der Waals surface area contributed by atoms with Crippen molar-refractivity contribution in [3.8, 4) is 5.75 Å². The first-order valence-electron chi connectivity index (χ1n) is 15.6. The normalized spacial score (nSPS) is 18.9. The predicted molar refractivity (Wildman–Crippen MR) is 172 cm³/mol. The van der Waals surface area contributed by atoms with Crippen molar-refractivity contribution in [1.82, 2.24) is 14.5 Å². The van der Waals surface area contributed by atoms with E-state index in [-0.39, 0.29) is 25.1 Å². The molecule has 1 aliphatic heterocycles. The van der Waals surface area contributed by atoms with Crippen LogP contribution in [0, 0.1) is 12.3 Å². The molecule has 2 fully saturated rings. The van der Waals surface area contributed by atoms with Crippen molar-refractivity contribution in [2.75, 3.05) is 39.3 Å². The highest BCUT2D eigenvalue weighted by Gasteiger charge is 2.58. The molecule has 254 valence electrons. The first kappa shape index (κ1) is 34.1. The van der Waals surface area contributed by atoms with E-state index in [1.807, 2.05) is 19.1 Å². The summed E-state index contributed by atoms with van der Waals surface area (Å²) in [6.07, 6.45) is 1.74. The molecule has 3 aromatic rings. The van der Waals surface area contributed by atoms with Gasteiger partial charge in [-0.25, -0.2) is 23.4 Å². The van der Waals surface area contributed by atoms with E-state index < -0.39 is 41.0 Å². The van der Waals surface area contributed by atoms with Gasteiger partial charge in [-0.3, -0.25) is 14.3 Å². The Morgan fingerprint density at radius 1 is 1.15 bits per heavy atom. The van der Waals surface area contributed by atoms with Gasteiger partial charge < -0.3 is 24.8 Å². The Bertz CT molecular complexity index is 1710. The first-order valence-corrected chi connectivity index (χ1v) is 15.6. The predicted octanol–water partition coefficient (Wildman–Crippen LogP) is 5.60. The molecule has 1 atom stereocenters. The Kier molecular flexibility index (Phi) is 8.99. The van der Waals surface area contributed by atoms with Crippen LogP contribution in [0.1, 0.15) is 79.7 Å². The number of fused-ring (bicyclic) bond motifs is 1. The number of ether oxygens (including phenoxy) is 3. The van der Waals surface area contributed by atoms with Gasteiger partial charge in [0.1, 0.15) is 17.2 Å². The fourth-order valence-corrected chi connectivity index (χ4v) is 7.17. The second-order valence-electron chi connectivity index (χ2n) is 13.9. The molecule has 2 N–H and O–H groups in total. The summed E-state index contributed by atoms with van der Waals surface area (Å²) in [6.45, 7) is 7.99. The number of hydrogen-bond donors (Lipinski definition) is 1. The number of methoxy groups -OCH3 is 2. The minimum atomic E-state index is -2.72. The Morgan fingerprint density at radius 2 is 1.85 bits per heavy atom. The Morgan fingerprint density at radius 3 is 2.45 bits per heavy atom. The lowest BCUT2D eigenvalue weighted by atomic mass is 9.59. The highest BCUT2D eigenvalue weighted by Crippen LogP contribution is 2.61. The van der Waals surface area contributed by atoms with E-state index in [0.717, 1.165) is 16.5 Å². The Balaban J connectivity index is 1.61. The monoisotopic (exact) mass is 655 g/mol. The molecule has 1 aromatic carbocycles. The van der Waals surface area contributed by atoms with Gasteiger partial charge in [0.2, 0.25) is 11.8 Å². The molecule has 0 radical (unpaired) electrons. The molecule has 0 unspecified atom stereocenters. The van der Waals surface area contributed by atoms with E-state index in [1.165, 1.54) is 11.7 Å². The van der Waals surface area contributed by atoms with Crippen molar-refractivity contribution < 1.29 is 37.4 Å². The van der Waals surface area contributed by atoms with Gasteiger partial charge in [0.25, 0.3) is 0 Å². The quantitative estimate of drug-likeness (QED) is 0.309. The number of carbonyl (C=O) groups is 3. The van der Waals surface area contributed by atoms with E-state index in [9.17, 15) is 23.2 Å². The number of alkyl halides is 2. The minimum absolute atomic E-state index is 0.0419. The van der Waals surface area contributed by atoms with Gasteiger partial charge in [-0.1, -0.05) is 6.07 Å². The number of amides is 1. The van der Waals surface area contributed by atoms with Crippen LogP contribution in [-0.2, 0) is 20.8 Å². The summed E-state index contributed by atoms with van der Waals surface area (Å²) in [5, 5.41) is 0.798. The van der Waals surface area contributed by atoms with E-state index in [4.69, 9.17) is 19.9 Å². The van der Waals surface area contributed by atoms with Gasteiger partial charge in [-0.15, -0.1) is 0 Å². The summed E-state index contributed by atoms with van der Waals surface area (Å²) >= 11 is 0. The number of nitrogens with zero attached hydrogens (tertiary/aromatic N) is 4. The van der Waals surface area contributed by atoms with Gasteiger partial charge >= 0.3 is 12.1 Å². The summed E-state index contributed by atoms with van der Waals surface area (Å²) in [6, 6.07) is 6.61. The fraction of sp³-hybridized carbons (Fsp3) is 0.529. The van der Waals surface area contributed by atoms with Crippen LogP contribution in [0.2, 0.25) is 0 Å². The van der Waals surface area contributed by atoms with Gasteiger partial charge in [0, 0.05) is 55.2 Å². The number of likely N-dealkylation sites (N-methyl/N-ethyl adjacent to an activating group) is 1. The van der Waals surface area contributed by atoms with Crippen LogP contribution in [0.3, 0.4) is 0 Å². The molecule has 1 saturated heterocycles. The number of rotatable bonds is 8. The number of primary amides is 1. The number of carbonyl (C=O) groups excluding carboxylic acids is 3. The summed E-state index contributed by atoms with van der Waals surface area (Å²) in [4.78, 5) is 45.9. The second-order valence-corrected chi connectivity index (χ2v) is 13.9. The number of aryl methyl sites for hydroxylation is 1. The molecule has 1 aliphatic carbocycles. The van der Waals surface area contributed by atoms with Crippen molar-refractivity contribution >= 4 is 34.7 Å². The number of hydrogen-bond acceptors (Lipinski definition) is 9. The molecule has 2 aliphatic rings. The Labute approximate surface area is 272 Å². The van der Waals surface area contributed by atoms with Gasteiger partial charge in [-0.2, -0.15) is 0 Å². The molecule has 3 heterocycles. The van der Waals surface area contributed by atoms with Gasteiger partial charge in [0.05, 0.1) is 26.3 Å². The van der Waals surface area contributed by atoms with Crippen LogP contribution in [0.25, 0.3) is 10.9 Å². The third-order valence-electron chi connectivity index (χ3n) is 9.08. The van der Waals surface area contributed by atoms with E-state index >= 15 is 0 Å². The molecule has 5 rings (SSSR count). The zero-order valence-corrected chi connectivity index (χ0v) is 28.0. The molecule has 47 heavy (non-hydrogen) atoms. The maximum Gasteiger partial charge on any atom is 0.419 e. The SMILES string of the molecule is COC(=O)c1ccc([C@H]2CC3(CCN2Cc2c(OC)cc(C)c4c2ccn4C(=O)OC(C)(C)C)CC(F)(F)C3)c(N(C)CC(N)=O)n1. The van der Waals surface area contributed by atoms with Crippen molar-refractivity contribution in [1.29, 1.82) is 0 Å². The lowest BCUT2D eigenvalue weighted by Crippen LogP contribution is -2.53. The first-order chi connectivity index (χ1) is 22.0. The number of piperidine rings is 1. The molecule has 1 saturated carbocycles. The maximum atomic E-state index is 14.4. The smallest absolute Gasteiger partial charge is 0.419 e. The van der Waals surface area contributed by atoms with E-state index in [1.54, 1.807) is 58.2 Å². The average Bonchev–Trinajstić information content (AvgIpc) is 3.42. The molecular formula is C34H43F2N5O6. The largest absolute Gasteiger partial charge is 0.496 e. The molecular weight excluding hydrogens is 612 g/mol. The summed E-state index contributed by atoms with van der Waals surface area (Å²) in [5.74, 6) is -3.01. The van der Waals surface area contributed by atoms with Crippen molar-refractivity contribution in [2.24, 2.45) is 11.1 Å². The van der Waals surface area contributed by atoms with Crippen LogP contribution in [0.4, 0.5) is 19.4 Å². The molecule has 13 heteroatoms. The Hall–Kier alpha value is -4.26. The van der Waals surface area contributed by atoms with Gasteiger partial charge in [0.15, 0.2) is 5.69 Å². The van der Waals surface area contributed by atoms with Gasteiger partial charge in [-0.05, 0) is 76.3 Å². The molecule has 1 amide bonds. The molecule has 2 aromatic heterocycles. The minimum Gasteiger partial charge on any atom is -0.496 e. The van der Waals surface area contributed by atoms with Crippen molar-refractivity contribution in [3.63, 3.8) is 0 Å². The highest BCUT2D eigenvalue weighted by molar-refractivity contribution is 5.95. The van der Waals surface area contributed by atoms with E-state index in [0.29, 0.717) is 48.6 Å². The van der Waals surface area contributed by atoms with Crippen LogP contribution < -0.4 is 15.4 Å². The number of pyridine rings is 1. The third kappa shape index (κ3) is 6.90. The number of anilines is 1. The molecule has 11 nitrogen and oxygen atoms in total. The number of aromatic nitrogens is 2. The number of likely N-dealkylation sites (tertiary alicyclic amines) is 1. The number of halogens is 2. The second kappa shape index (κ2) is 12.4. The average molecular weight is 656 g/mol. The van der Waals surface area contributed by atoms with Crippen LogP contribution in [0.15, 0.2) is 30.5 Å². The van der Waals surface area contributed by atoms with Crippen molar-refractivity contribution in [2.45, 2.75) is 77.5 Å². The topological polar surface area (TPSA) is 129 Å². The van der Waals surface area contributed by atoms with Crippen molar-refractivity contribution in [3.05, 3.63) is 52.8 Å². The zero-order valence-electron chi connectivity index (χ0n) is 28.0. The summed E-state index contributed by atoms with van der Waals surface area (Å²) in [7, 11) is 4.48. The summed E-state index contributed by atoms with van der Waals surface area (Å²) < 4.78 is 46.6. The fourth-order valence-electron chi connectivity index (χ4n) is 7.17. The van der Waals surface area contributed by atoms with Crippen LogP contribution in [0.5, 0.6) is 5.75 Å². The lowest BCUT2D eigenvalue weighted by molar-refractivity contribution is -0.186. The summed E-state index contributed by atoms with van der Waals surface area (Å²) in [5.41, 5.74) is 7.30. The van der Waals surface area contributed by atoms with Crippen LogP contribution >= 0.6 is 0 Å². The standard InChI is InChI=1S/C34H43F2N5O6/c1-20-14-26(45-6)23(21-10-12-41(28(20)21)31(44)47-32(2,3)4)16-40-13-11-33(18-34(35,36)19-33)15-25(40)22-8-9-24(30(43)46-7)38-29(22)39(5)17-27(37)42/h8-10,12,14,25H,11,13,15-19H2,1-7H3,(H2,37,42)/t25-/m1/s1. The van der Waals surface area contributed by atoms with E-state index in [2.05, 4.69) is 9.88 Å². The number of benzene rings is 1. The molecule has 1 spiro atoms.